The highest BCUT2D eigenvalue weighted by Gasteiger charge is 2.20. The summed E-state index contributed by atoms with van der Waals surface area (Å²) < 4.78 is 5.03. The monoisotopic (exact) mass is 178 g/mol. The van der Waals surface area contributed by atoms with Gasteiger partial charge in [0.15, 0.2) is 0 Å². The predicted octanol–water partition coefficient (Wildman–Crippen LogP) is 2.30. The van der Waals surface area contributed by atoms with Gasteiger partial charge in [-0.15, -0.1) is 11.6 Å². The molecule has 0 aromatic heterocycles. The zero-order valence-corrected chi connectivity index (χ0v) is 7.06. The van der Waals surface area contributed by atoms with E-state index < -0.39 is 0 Å². The van der Waals surface area contributed by atoms with Gasteiger partial charge in [0.25, 0.3) is 0 Å². The van der Waals surface area contributed by atoms with Crippen LogP contribution in [-0.4, -0.2) is 18.6 Å². The van der Waals surface area contributed by atoms with Crippen molar-refractivity contribution >= 4 is 23.2 Å². The third-order valence-electron chi connectivity index (χ3n) is 1.38. The fourth-order valence-corrected chi connectivity index (χ4v) is 1.26. The van der Waals surface area contributed by atoms with Crippen LogP contribution in [0.15, 0.2) is 23.3 Å². The van der Waals surface area contributed by atoms with Gasteiger partial charge in [-0.2, -0.15) is 0 Å². The van der Waals surface area contributed by atoms with E-state index in [1.54, 1.807) is 13.2 Å². The molecule has 0 aromatic rings. The summed E-state index contributed by atoms with van der Waals surface area (Å²) in [6, 6.07) is 0. The molecule has 0 heterocycles. The molecule has 3 heteroatoms. The number of allylic oxidation sites excluding steroid dienone is 2. The first-order chi connectivity index (χ1) is 4.75. The van der Waals surface area contributed by atoms with Gasteiger partial charge in [0.1, 0.15) is 0 Å². The molecule has 0 saturated heterocycles. The largest absolute Gasteiger partial charge is 0.375 e. The van der Waals surface area contributed by atoms with Crippen molar-refractivity contribution in [3.63, 3.8) is 0 Å². The molecule has 56 valence electrons. The third kappa shape index (κ3) is 1.54. The van der Waals surface area contributed by atoms with Crippen molar-refractivity contribution in [1.82, 2.24) is 0 Å². The van der Waals surface area contributed by atoms with Crippen LogP contribution in [0.1, 0.15) is 0 Å². The molecule has 0 spiro atoms. The topological polar surface area (TPSA) is 9.23 Å². The lowest BCUT2D eigenvalue weighted by Gasteiger charge is -2.19. The van der Waals surface area contributed by atoms with Crippen LogP contribution in [0.25, 0.3) is 0 Å². The van der Waals surface area contributed by atoms with E-state index in [0.29, 0.717) is 5.03 Å². The Hall–Kier alpha value is 0.0200. The predicted molar refractivity (Wildman–Crippen MR) is 43.5 cm³/mol. The van der Waals surface area contributed by atoms with Crippen LogP contribution in [-0.2, 0) is 4.74 Å². The molecule has 0 N–H and O–H groups in total. The van der Waals surface area contributed by atoms with Crippen LogP contribution in [0.3, 0.4) is 0 Å². The molecule has 0 bridgehead atoms. The van der Waals surface area contributed by atoms with Crippen molar-refractivity contribution in [3.8, 4) is 0 Å². The van der Waals surface area contributed by atoms with Crippen molar-refractivity contribution < 1.29 is 4.74 Å². The SMILES string of the molecule is CO[C@H]1C=CC=C(Cl)C1Cl. The van der Waals surface area contributed by atoms with Crippen LogP contribution in [0.4, 0.5) is 0 Å². The molecule has 1 nitrogen and oxygen atoms in total. The Labute approximate surface area is 70.3 Å². The lowest BCUT2D eigenvalue weighted by molar-refractivity contribution is 0.144. The molecule has 2 atom stereocenters. The van der Waals surface area contributed by atoms with Crippen molar-refractivity contribution in [2.45, 2.75) is 11.5 Å². The smallest absolute Gasteiger partial charge is 0.0989 e. The molecule has 1 aliphatic rings. The van der Waals surface area contributed by atoms with Crippen molar-refractivity contribution in [2.75, 3.05) is 7.11 Å². The summed E-state index contributed by atoms with van der Waals surface area (Å²) in [5, 5.41) is 0.410. The summed E-state index contributed by atoms with van der Waals surface area (Å²) in [6.45, 7) is 0. The first-order valence-corrected chi connectivity index (χ1v) is 3.78. The van der Waals surface area contributed by atoms with E-state index in [2.05, 4.69) is 0 Å². The lowest BCUT2D eigenvalue weighted by atomic mass is 10.1. The van der Waals surface area contributed by atoms with E-state index in [1.807, 2.05) is 12.2 Å². The van der Waals surface area contributed by atoms with Crippen molar-refractivity contribution in [1.29, 1.82) is 0 Å². The minimum absolute atomic E-state index is 0.0841. The van der Waals surface area contributed by atoms with Crippen molar-refractivity contribution in [2.24, 2.45) is 0 Å². The van der Waals surface area contributed by atoms with Crippen LogP contribution < -0.4 is 0 Å². The molecule has 0 fully saturated rings. The number of halogens is 2. The van der Waals surface area contributed by atoms with Gasteiger partial charge in [-0.25, -0.2) is 0 Å². The second kappa shape index (κ2) is 3.42. The molecular formula is C7H8Cl2O. The number of ether oxygens (including phenoxy) is 1. The Morgan fingerprint density at radius 2 is 2.30 bits per heavy atom. The zero-order chi connectivity index (χ0) is 7.56. The van der Waals surface area contributed by atoms with Crippen LogP contribution in [0.5, 0.6) is 0 Å². The van der Waals surface area contributed by atoms with Gasteiger partial charge in [0.05, 0.1) is 11.5 Å². The molecular weight excluding hydrogens is 171 g/mol. The van der Waals surface area contributed by atoms with E-state index in [9.17, 15) is 0 Å². The normalized spacial score (nSPS) is 32.1. The second-order valence-corrected chi connectivity index (χ2v) is 2.95. The second-order valence-electron chi connectivity index (χ2n) is 2.04. The third-order valence-corrected chi connectivity index (χ3v) is 2.34. The Balaban J connectivity index is 2.68. The lowest BCUT2D eigenvalue weighted by Crippen LogP contribution is -2.22. The van der Waals surface area contributed by atoms with E-state index >= 15 is 0 Å². The average Bonchev–Trinajstić information content (AvgIpc) is 1.95. The van der Waals surface area contributed by atoms with E-state index in [-0.39, 0.29) is 11.5 Å². The first-order valence-electron chi connectivity index (χ1n) is 2.96. The standard InChI is InChI=1S/C7H8Cl2O/c1-10-6-4-2-3-5(8)7(6)9/h2-4,6-7H,1H3/t6-,7?/m0/s1. The van der Waals surface area contributed by atoms with Gasteiger partial charge in [-0.1, -0.05) is 23.8 Å². The van der Waals surface area contributed by atoms with Gasteiger partial charge in [0.2, 0.25) is 0 Å². The maximum absolute atomic E-state index is 5.86. The Bertz CT molecular complexity index is 174. The molecule has 0 aliphatic heterocycles. The van der Waals surface area contributed by atoms with Gasteiger partial charge < -0.3 is 4.74 Å². The molecule has 1 rings (SSSR count). The quantitative estimate of drug-likeness (QED) is 0.561. The minimum Gasteiger partial charge on any atom is -0.375 e. The van der Waals surface area contributed by atoms with E-state index in [0.717, 1.165) is 0 Å². The average molecular weight is 179 g/mol. The molecule has 0 aromatic carbocycles. The number of alkyl halides is 1. The number of hydrogen-bond donors (Lipinski definition) is 0. The van der Waals surface area contributed by atoms with Gasteiger partial charge in [0, 0.05) is 12.1 Å². The highest BCUT2D eigenvalue weighted by atomic mass is 35.5. The van der Waals surface area contributed by atoms with E-state index in [1.165, 1.54) is 0 Å². The van der Waals surface area contributed by atoms with Crippen molar-refractivity contribution in [3.05, 3.63) is 23.3 Å². The Kier molecular flexibility index (Phi) is 2.78. The summed E-state index contributed by atoms with van der Waals surface area (Å²) >= 11 is 11.6. The van der Waals surface area contributed by atoms with Crippen LogP contribution in [0.2, 0.25) is 0 Å². The number of methoxy groups -OCH3 is 1. The molecule has 0 saturated carbocycles. The Morgan fingerprint density at radius 3 is 2.80 bits per heavy atom. The number of hydrogen-bond acceptors (Lipinski definition) is 1. The summed E-state index contributed by atoms with van der Waals surface area (Å²) in [7, 11) is 1.61. The summed E-state index contributed by atoms with van der Waals surface area (Å²) in [6.07, 6.45) is 5.41. The molecule has 1 unspecified atom stereocenters. The van der Waals surface area contributed by atoms with Crippen LogP contribution >= 0.6 is 23.2 Å². The minimum atomic E-state index is -0.225. The summed E-state index contributed by atoms with van der Waals surface area (Å²) in [5.41, 5.74) is 0. The Morgan fingerprint density at radius 1 is 1.60 bits per heavy atom. The highest BCUT2D eigenvalue weighted by molar-refractivity contribution is 6.37. The van der Waals surface area contributed by atoms with Gasteiger partial charge in [-0.05, 0) is 6.08 Å². The molecule has 1 aliphatic carbocycles. The summed E-state index contributed by atoms with van der Waals surface area (Å²) in [4.78, 5) is 0. The van der Waals surface area contributed by atoms with Gasteiger partial charge >= 0.3 is 0 Å². The fraction of sp³-hybridized carbons (Fsp3) is 0.429. The van der Waals surface area contributed by atoms with Crippen LogP contribution in [0, 0.1) is 0 Å². The number of rotatable bonds is 1. The van der Waals surface area contributed by atoms with Gasteiger partial charge in [-0.3, -0.25) is 0 Å². The maximum atomic E-state index is 5.86. The zero-order valence-electron chi connectivity index (χ0n) is 5.55. The molecule has 0 radical (unpaired) electrons. The van der Waals surface area contributed by atoms with E-state index in [4.69, 9.17) is 27.9 Å². The molecule has 0 amide bonds. The fourth-order valence-electron chi connectivity index (χ4n) is 0.801. The first kappa shape index (κ1) is 8.12. The summed E-state index contributed by atoms with van der Waals surface area (Å²) in [5.74, 6) is 0. The maximum Gasteiger partial charge on any atom is 0.0989 e. The molecule has 10 heavy (non-hydrogen) atoms. The highest BCUT2D eigenvalue weighted by Crippen LogP contribution is 2.23.